The number of aromatic nitrogens is 2. The minimum Gasteiger partial charge on any atom is -0.274 e. The van der Waals surface area contributed by atoms with Crippen LogP contribution < -0.4 is 4.72 Å². The van der Waals surface area contributed by atoms with Crippen molar-refractivity contribution in [2.24, 2.45) is 13.0 Å². The highest BCUT2D eigenvalue weighted by atomic mass is 32.2. The van der Waals surface area contributed by atoms with Crippen LogP contribution in [-0.2, 0) is 17.1 Å². The molecule has 1 aliphatic rings. The summed E-state index contributed by atoms with van der Waals surface area (Å²) in [5, 5.41) is 3.92. The highest BCUT2D eigenvalue weighted by Gasteiger charge is 2.35. The molecule has 106 valence electrons. The lowest BCUT2D eigenvalue weighted by Crippen LogP contribution is -2.29. The van der Waals surface area contributed by atoms with Gasteiger partial charge >= 0.3 is 0 Å². The van der Waals surface area contributed by atoms with Crippen LogP contribution in [0.4, 0.5) is 0 Å². The number of sulfonamides is 1. The Bertz CT molecular complexity index is 690. The maximum absolute atomic E-state index is 12.4. The molecule has 3 rings (SSSR count). The van der Waals surface area contributed by atoms with Gasteiger partial charge in [0.05, 0.1) is 6.20 Å². The molecular formula is C14H17N3O2S. The normalized spacial score (nSPS) is 17.1. The fraction of sp³-hybridized carbons (Fsp3) is 0.357. The number of rotatable bonds is 5. The van der Waals surface area contributed by atoms with Gasteiger partial charge in [-0.05, 0) is 24.3 Å². The van der Waals surface area contributed by atoms with E-state index in [2.05, 4.69) is 9.82 Å². The van der Waals surface area contributed by atoms with E-state index in [4.69, 9.17) is 0 Å². The quantitative estimate of drug-likeness (QED) is 0.914. The van der Waals surface area contributed by atoms with Crippen molar-refractivity contribution in [2.45, 2.75) is 23.8 Å². The van der Waals surface area contributed by atoms with Gasteiger partial charge in [-0.25, -0.2) is 13.1 Å². The monoisotopic (exact) mass is 291 g/mol. The molecule has 5 nitrogen and oxygen atoms in total. The van der Waals surface area contributed by atoms with Crippen LogP contribution in [0.5, 0.6) is 0 Å². The molecule has 0 bridgehead atoms. The Morgan fingerprint density at radius 2 is 2.00 bits per heavy atom. The second-order valence-corrected chi connectivity index (χ2v) is 6.91. The van der Waals surface area contributed by atoms with Crippen LogP contribution in [0.2, 0.25) is 0 Å². The van der Waals surface area contributed by atoms with E-state index >= 15 is 0 Å². The first-order valence-corrected chi connectivity index (χ1v) is 8.10. The molecule has 20 heavy (non-hydrogen) atoms. The molecule has 1 N–H and O–H groups in total. The third-order valence-electron chi connectivity index (χ3n) is 3.53. The van der Waals surface area contributed by atoms with E-state index in [-0.39, 0.29) is 10.9 Å². The molecule has 1 unspecified atom stereocenters. The molecule has 0 saturated heterocycles. The van der Waals surface area contributed by atoms with Gasteiger partial charge in [-0.2, -0.15) is 5.10 Å². The van der Waals surface area contributed by atoms with E-state index in [0.29, 0.717) is 5.92 Å². The van der Waals surface area contributed by atoms with E-state index in [0.717, 1.165) is 18.4 Å². The van der Waals surface area contributed by atoms with Crippen molar-refractivity contribution < 1.29 is 8.42 Å². The van der Waals surface area contributed by atoms with Gasteiger partial charge in [-0.3, -0.25) is 4.68 Å². The zero-order chi connectivity index (χ0) is 14.2. The third-order valence-corrected chi connectivity index (χ3v) is 4.92. The van der Waals surface area contributed by atoms with Crippen LogP contribution in [0.3, 0.4) is 0 Å². The van der Waals surface area contributed by atoms with Gasteiger partial charge in [-0.15, -0.1) is 0 Å². The lowest BCUT2D eigenvalue weighted by atomic mass is 10.0. The molecule has 1 aromatic heterocycles. The third kappa shape index (κ3) is 2.76. The lowest BCUT2D eigenvalue weighted by Gasteiger charge is -2.18. The Balaban J connectivity index is 1.87. The molecule has 1 heterocycles. The minimum absolute atomic E-state index is 0.151. The predicted molar refractivity (Wildman–Crippen MR) is 75.4 cm³/mol. The Morgan fingerprint density at radius 1 is 1.30 bits per heavy atom. The summed E-state index contributed by atoms with van der Waals surface area (Å²) in [6.45, 7) is 0. The van der Waals surface area contributed by atoms with Crippen LogP contribution in [0, 0.1) is 5.92 Å². The van der Waals surface area contributed by atoms with E-state index < -0.39 is 10.0 Å². The van der Waals surface area contributed by atoms with Crippen LogP contribution in [0.1, 0.15) is 24.4 Å². The van der Waals surface area contributed by atoms with Crippen LogP contribution >= 0.6 is 0 Å². The van der Waals surface area contributed by atoms with Crippen molar-refractivity contribution in [3.63, 3.8) is 0 Å². The first-order chi connectivity index (χ1) is 9.56. The zero-order valence-electron chi connectivity index (χ0n) is 11.2. The fourth-order valence-electron chi connectivity index (χ4n) is 2.30. The molecule has 0 amide bonds. The Morgan fingerprint density at radius 3 is 2.55 bits per heavy atom. The van der Waals surface area contributed by atoms with Gasteiger partial charge in [0.25, 0.3) is 0 Å². The molecule has 6 heteroatoms. The standard InChI is InChI=1S/C14H17N3O2S/c1-17-10-13(9-15-17)20(18,19)16-14(12-7-8-12)11-5-3-2-4-6-11/h2-6,9-10,12,14,16H,7-8H2,1H3. The second-order valence-electron chi connectivity index (χ2n) is 5.20. The molecule has 1 fully saturated rings. The smallest absolute Gasteiger partial charge is 0.244 e. The summed E-state index contributed by atoms with van der Waals surface area (Å²) < 4.78 is 29.1. The molecule has 0 aliphatic heterocycles. The van der Waals surface area contributed by atoms with Crippen LogP contribution in [0.15, 0.2) is 47.6 Å². The average Bonchev–Trinajstić information content (AvgIpc) is 3.18. The SMILES string of the molecule is Cn1cc(S(=O)(=O)NC(c2ccccc2)C2CC2)cn1. The van der Waals surface area contributed by atoms with Gasteiger partial charge in [0.2, 0.25) is 10.0 Å². The van der Waals surface area contributed by atoms with Crippen molar-refractivity contribution in [3.05, 3.63) is 48.3 Å². The largest absolute Gasteiger partial charge is 0.274 e. The van der Waals surface area contributed by atoms with Gasteiger partial charge < -0.3 is 0 Å². The highest BCUT2D eigenvalue weighted by Crippen LogP contribution is 2.41. The Labute approximate surface area is 118 Å². The fourth-order valence-corrected chi connectivity index (χ4v) is 3.58. The van der Waals surface area contributed by atoms with Crippen LogP contribution in [-0.4, -0.2) is 18.2 Å². The first-order valence-electron chi connectivity index (χ1n) is 6.62. The number of benzene rings is 1. The predicted octanol–water partition coefficient (Wildman–Crippen LogP) is 1.85. The number of nitrogens with zero attached hydrogens (tertiary/aromatic N) is 2. The van der Waals surface area contributed by atoms with Crippen molar-refractivity contribution in [1.29, 1.82) is 0 Å². The molecule has 1 atom stereocenters. The van der Waals surface area contributed by atoms with Crippen LogP contribution in [0.25, 0.3) is 0 Å². The van der Waals surface area contributed by atoms with Gasteiger partial charge in [0.1, 0.15) is 4.90 Å². The van der Waals surface area contributed by atoms with E-state index in [1.807, 2.05) is 30.3 Å². The minimum atomic E-state index is -3.53. The molecule has 0 radical (unpaired) electrons. The average molecular weight is 291 g/mol. The van der Waals surface area contributed by atoms with Crippen molar-refractivity contribution in [3.8, 4) is 0 Å². The molecule has 1 aliphatic carbocycles. The molecule has 0 spiro atoms. The highest BCUT2D eigenvalue weighted by molar-refractivity contribution is 7.89. The molecule has 2 aromatic rings. The first kappa shape index (κ1) is 13.3. The maximum atomic E-state index is 12.4. The number of hydrogen-bond donors (Lipinski definition) is 1. The van der Waals surface area contributed by atoms with Gasteiger partial charge in [-0.1, -0.05) is 30.3 Å². The Kier molecular flexibility index (Phi) is 3.35. The number of hydrogen-bond acceptors (Lipinski definition) is 3. The summed E-state index contributed by atoms with van der Waals surface area (Å²) in [7, 11) is -1.82. The number of aryl methyl sites for hydroxylation is 1. The van der Waals surface area contributed by atoms with E-state index in [1.54, 1.807) is 7.05 Å². The van der Waals surface area contributed by atoms with E-state index in [1.165, 1.54) is 17.1 Å². The second kappa shape index (κ2) is 5.03. The summed E-state index contributed by atoms with van der Waals surface area (Å²) in [6.07, 6.45) is 5.01. The summed E-state index contributed by atoms with van der Waals surface area (Å²) in [5.41, 5.74) is 1.02. The molecular weight excluding hydrogens is 274 g/mol. The lowest BCUT2D eigenvalue weighted by molar-refractivity contribution is 0.529. The van der Waals surface area contributed by atoms with Crippen molar-refractivity contribution in [1.82, 2.24) is 14.5 Å². The summed E-state index contributed by atoms with van der Waals surface area (Å²) in [6, 6.07) is 9.58. The number of nitrogens with one attached hydrogen (secondary N) is 1. The van der Waals surface area contributed by atoms with Crippen molar-refractivity contribution >= 4 is 10.0 Å². The maximum Gasteiger partial charge on any atom is 0.244 e. The topological polar surface area (TPSA) is 64.0 Å². The molecule has 1 saturated carbocycles. The summed E-state index contributed by atoms with van der Waals surface area (Å²) >= 11 is 0. The zero-order valence-corrected chi connectivity index (χ0v) is 12.0. The Hall–Kier alpha value is -1.66. The molecule has 1 aromatic carbocycles. The summed E-state index contributed by atoms with van der Waals surface area (Å²) in [4.78, 5) is 0.210. The van der Waals surface area contributed by atoms with Gasteiger partial charge in [0, 0.05) is 19.3 Å². The summed E-state index contributed by atoms with van der Waals surface area (Å²) in [5.74, 6) is 0.392. The van der Waals surface area contributed by atoms with Crippen molar-refractivity contribution in [2.75, 3.05) is 0 Å². The van der Waals surface area contributed by atoms with E-state index in [9.17, 15) is 8.42 Å². The van der Waals surface area contributed by atoms with Gasteiger partial charge in [0.15, 0.2) is 0 Å².